The van der Waals surface area contributed by atoms with Gasteiger partial charge in [-0.3, -0.25) is 0 Å². The molecule has 1 aliphatic rings. The molecule has 0 aromatic carbocycles. The molecule has 1 atom stereocenters. The van der Waals surface area contributed by atoms with Gasteiger partial charge in [-0.25, -0.2) is 0 Å². The van der Waals surface area contributed by atoms with E-state index in [0.717, 1.165) is 25.7 Å². The van der Waals surface area contributed by atoms with E-state index in [4.69, 9.17) is 5.73 Å². The zero-order chi connectivity index (χ0) is 10.6. The number of hydrogen-bond donors (Lipinski definition) is 4. The van der Waals surface area contributed by atoms with Gasteiger partial charge >= 0.3 is 0 Å². The van der Waals surface area contributed by atoms with Crippen LogP contribution in [0.15, 0.2) is 0 Å². The summed E-state index contributed by atoms with van der Waals surface area (Å²) in [5.74, 6) is -1.75. The van der Waals surface area contributed by atoms with Gasteiger partial charge in [-0.15, -0.1) is 0 Å². The topological polar surface area (TPSA) is 78.5 Å². The van der Waals surface area contributed by atoms with Crippen LogP contribution in [-0.4, -0.2) is 34.6 Å². The molecule has 0 amide bonds. The number of unbranched alkanes of at least 4 members (excludes halogenated alkanes) is 1. The van der Waals surface area contributed by atoms with Gasteiger partial charge in [0.25, 0.3) is 0 Å². The van der Waals surface area contributed by atoms with Gasteiger partial charge in [0, 0.05) is 6.04 Å². The van der Waals surface area contributed by atoms with Crippen molar-refractivity contribution in [2.45, 2.75) is 56.9 Å². The monoisotopic (exact) mass is 202 g/mol. The van der Waals surface area contributed by atoms with Crippen LogP contribution in [0, 0.1) is 0 Å². The van der Waals surface area contributed by atoms with Gasteiger partial charge < -0.3 is 21.3 Å². The van der Waals surface area contributed by atoms with E-state index in [1.54, 1.807) is 0 Å². The van der Waals surface area contributed by atoms with Crippen LogP contribution in [0.3, 0.4) is 0 Å². The lowest BCUT2D eigenvalue weighted by atomic mass is 10.0. The predicted octanol–water partition coefficient (Wildman–Crippen LogP) is -0.0632. The minimum Gasteiger partial charge on any atom is -0.363 e. The molecule has 5 N–H and O–H groups in total. The standard InChI is InChI=1S/C10H22N2O2/c1-2-3-4-9(11)10(13,14)7-12-8-5-6-8/h8-9,12-14H,2-7,11H2,1H3. The average Bonchev–Trinajstić information content (AvgIpc) is 2.94. The molecule has 0 heterocycles. The summed E-state index contributed by atoms with van der Waals surface area (Å²) >= 11 is 0. The first-order chi connectivity index (χ1) is 6.56. The molecule has 1 aliphatic carbocycles. The van der Waals surface area contributed by atoms with Crippen molar-refractivity contribution in [1.29, 1.82) is 0 Å². The summed E-state index contributed by atoms with van der Waals surface area (Å²) in [6.45, 7) is 2.24. The molecule has 1 saturated carbocycles. The molecule has 1 fully saturated rings. The Kier molecular flexibility index (Phi) is 4.31. The first-order valence-corrected chi connectivity index (χ1v) is 5.50. The smallest absolute Gasteiger partial charge is 0.191 e. The fourth-order valence-corrected chi connectivity index (χ4v) is 1.37. The van der Waals surface area contributed by atoms with Crippen molar-refractivity contribution in [2.75, 3.05) is 6.54 Å². The second-order valence-corrected chi connectivity index (χ2v) is 4.28. The maximum absolute atomic E-state index is 9.65. The molecule has 1 unspecified atom stereocenters. The minimum absolute atomic E-state index is 0.183. The van der Waals surface area contributed by atoms with Crippen molar-refractivity contribution in [3.63, 3.8) is 0 Å². The molecule has 0 radical (unpaired) electrons. The second-order valence-electron chi connectivity index (χ2n) is 4.28. The molecule has 0 bridgehead atoms. The van der Waals surface area contributed by atoms with E-state index < -0.39 is 11.8 Å². The summed E-state index contributed by atoms with van der Waals surface area (Å²) in [5, 5.41) is 22.4. The number of aliphatic hydroxyl groups is 2. The molecule has 0 spiro atoms. The van der Waals surface area contributed by atoms with Gasteiger partial charge in [0.15, 0.2) is 5.79 Å². The van der Waals surface area contributed by atoms with Crippen molar-refractivity contribution in [2.24, 2.45) is 5.73 Å². The van der Waals surface area contributed by atoms with Gasteiger partial charge in [0.05, 0.1) is 12.6 Å². The highest BCUT2D eigenvalue weighted by molar-refractivity contribution is 4.87. The Balaban J connectivity index is 2.21. The van der Waals surface area contributed by atoms with Crippen LogP contribution >= 0.6 is 0 Å². The fourth-order valence-electron chi connectivity index (χ4n) is 1.37. The highest BCUT2D eigenvalue weighted by Crippen LogP contribution is 2.20. The molecule has 4 nitrogen and oxygen atoms in total. The highest BCUT2D eigenvalue weighted by atomic mass is 16.5. The summed E-state index contributed by atoms with van der Waals surface area (Å²) in [4.78, 5) is 0. The molecule has 14 heavy (non-hydrogen) atoms. The largest absolute Gasteiger partial charge is 0.363 e. The van der Waals surface area contributed by atoms with E-state index >= 15 is 0 Å². The quantitative estimate of drug-likeness (QED) is 0.436. The Morgan fingerprint density at radius 2 is 2.14 bits per heavy atom. The Hall–Kier alpha value is -0.160. The van der Waals surface area contributed by atoms with Crippen molar-refractivity contribution in [3.05, 3.63) is 0 Å². The highest BCUT2D eigenvalue weighted by Gasteiger charge is 2.33. The lowest BCUT2D eigenvalue weighted by Crippen LogP contribution is -2.54. The lowest BCUT2D eigenvalue weighted by Gasteiger charge is -2.28. The van der Waals surface area contributed by atoms with Crippen LogP contribution in [0.1, 0.15) is 39.0 Å². The van der Waals surface area contributed by atoms with E-state index in [-0.39, 0.29) is 6.54 Å². The maximum atomic E-state index is 9.65. The maximum Gasteiger partial charge on any atom is 0.191 e. The Labute approximate surface area is 85.5 Å². The molecule has 1 rings (SSSR count). The van der Waals surface area contributed by atoms with Crippen LogP contribution < -0.4 is 11.1 Å². The Morgan fingerprint density at radius 3 is 2.64 bits per heavy atom. The van der Waals surface area contributed by atoms with Crippen LogP contribution in [0.5, 0.6) is 0 Å². The third kappa shape index (κ3) is 3.92. The molecule has 4 heteroatoms. The zero-order valence-corrected chi connectivity index (χ0v) is 8.87. The van der Waals surface area contributed by atoms with Gasteiger partial charge in [-0.2, -0.15) is 0 Å². The summed E-state index contributed by atoms with van der Waals surface area (Å²) in [5.41, 5.74) is 5.70. The van der Waals surface area contributed by atoms with Gasteiger partial charge in [-0.05, 0) is 19.3 Å². The minimum atomic E-state index is -1.75. The SMILES string of the molecule is CCCCC(N)C(O)(O)CNC1CC1. The van der Waals surface area contributed by atoms with Crippen LogP contribution in [0.25, 0.3) is 0 Å². The third-order valence-corrected chi connectivity index (χ3v) is 2.69. The summed E-state index contributed by atoms with van der Waals surface area (Å²) < 4.78 is 0. The van der Waals surface area contributed by atoms with Crippen molar-refractivity contribution >= 4 is 0 Å². The third-order valence-electron chi connectivity index (χ3n) is 2.69. The van der Waals surface area contributed by atoms with E-state index in [0.29, 0.717) is 12.5 Å². The molecule has 0 aliphatic heterocycles. The summed E-state index contributed by atoms with van der Waals surface area (Å²) in [6, 6.07) is -0.0687. The summed E-state index contributed by atoms with van der Waals surface area (Å²) in [6.07, 6.45) is 4.91. The van der Waals surface area contributed by atoms with Gasteiger partial charge in [0.1, 0.15) is 0 Å². The van der Waals surface area contributed by atoms with Crippen molar-refractivity contribution < 1.29 is 10.2 Å². The van der Waals surface area contributed by atoms with E-state index in [1.165, 1.54) is 0 Å². The molecule has 0 aromatic rings. The number of hydrogen-bond acceptors (Lipinski definition) is 4. The Bertz CT molecular complexity index is 170. The van der Waals surface area contributed by atoms with Crippen molar-refractivity contribution in [3.8, 4) is 0 Å². The number of nitrogens with one attached hydrogen (secondary N) is 1. The van der Waals surface area contributed by atoms with Crippen LogP contribution in [0.4, 0.5) is 0 Å². The van der Waals surface area contributed by atoms with Gasteiger partial charge in [0.2, 0.25) is 0 Å². The predicted molar refractivity (Wildman–Crippen MR) is 55.7 cm³/mol. The van der Waals surface area contributed by atoms with E-state index in [2.05, 4.69) is 12.2 Å². The molecule has 84 valence electrons. The first kappa shape index (κ1) is 11.9. The van der Waals surface area contributed by atoms with E-state index in [1.807, 2.05) is 0 Å². The zero-order valence-electron chi connectivity index (χ0n) is 8.87. The molecule has 0 aromatic heterocycles. The average molecular weight is 202 g/mol. The second kappa shape index (κ2) is 5.07. The lowest BCUT2D eigenvalue weighted by molar-refractivity contribution is -0.174. The number of rotatable bonds is 7. The molecule has 0 saturated heterocycles. The van der Waals surface area contributed by atoms with E-state index in [9.17, 15) is 10.2 Å². The van der Waals surface area contributed by atoms with Crippen LogP contribution in [-0.2, 0) is 0 Å². The van der Waals surface area contributed by atoms with Gasteiger partial charge in [-0.1, -0.05) is 19.8 Å². The molecular formula is C10H22N2O2. The number of nitrogens with two attached hydrogens (primary N) is 1. The molecular weight excluding hydrogens is 180 g/mol. The Morgan fingerprint density at radius 1 is 1.50 bits per heavy atom. The first-order valence-electron chi connectivity index (χ1n) is 5.50. The normalized spacial score (nSPS) is 19.7. The summed E-state index contributed by atoms with van der Waals surface area (Å²) in [7, 11) is 0. The van der Waals surface area contributed by atoms with Crippen molar-refractivity contribution in [1.82, 2.24) is 5.32 Å². The van der Waals surface area contributed by atoms with Crippen LogP contribution in [0.2, 0.25) is 0 Å². The fraction of sp³-hybridized carbons (Fsp3) is 1.00.